The maximum absolute atomic E-state index is 13.1. The van der Waals surface area contributed by atoms with Crippen molar-refractivity contribution < 1.29 is 23.5 Å². The molecule has 174 valence electrons. The van der Waals surface area contributed by atoms with E-state index in [4.69, 9.17) is 4.74 Å². The molecular weight excluding hydrogens is 435 g/mol. The van der Waals surface area contributed by atoms with Crippen molar-refractivity contribution in [2.24, 2.45) is 5.92 Å². The molecule has 0 radical (unpaired) electrons. The Hall–Kier alpha value is -4.00. The van der Waals surface area contributed by atoms with Crippen LogP contribution < -0.4 is 5.32 Å². The van der Waals surface area contributed by atoms with E-state index in [9.17, 15) is 18.8 Å². The first-order chi connectivity index (χ1) is 16.4. The van der Waals surface area contributed by atoms with Crippen LogP contribution in [-0.2, 0) is 16.1 Å². The summed E-state index contributed by atoms with van der Waals surface area (Å²) in [5.41, 5.74) is 4.31. The van der Waals surface area contributed by atoms with E-state index in [1.54, 1.807) is 17.0 Å². The first kappa shape index (κ1) is 23.2. The molecule has 0 saturated heterocycles. The zero-order valence-electron chi connectivity index (χ0n) is 19.0. The monoisotopic (exact) mass is 460 g/mol. The number of benzene rings is 3. The average molecular weight is 461 g/mol. The summed E-state index contributed by atoms with van der Waals surface area (Å²) in [6.45, 7) is 2.70. The maximum Gasteiger partial charge on any atom is 0.310 e. The van der Waals surface area contributed by atoms with E-state index in [2.05, 4.69) is 5.32 Å². The number of halogens is 1. The van der Waals surface area contributed by atoms with Crippen molar-refractivity contribution in [1.82, 2.24) is 4.90 Å². The number of anilines is 1. The quantitative estimate of drug-likeness (QED) is 0.509. The van der Waals surface area contributed by atoms with Gasteiger partial charge in [0.2, 0.25) is 0 Å². The van der Waals surface area contributed by atoms with Crippen LogP contribution >= 0.6 is 0 Å². The maximum atomic E-state index is 13.1. The number of amides is 2. The summed E-state index contributed by atoms with van der Waals surface area (Å²) >= 11 is 0. The number of hydrogen-bond donors (Lipinski definition) is 1. The van der Waals surface area contributed by atoms with Gasteiger partial charge in [-0.3, -0.25) is 14.4 Å². The molecule has 0 fully saturated rings. The SMILES string of the molecule is CC[C@@H](CN1Cc2ccc(-c3ccc(NC(=O)c4ccc(F)cc4)cc3)cc2C1=O)C(=O)OC. The lowest BCUT2D eigenvalue weighted by molar-refractivity contribution is -0.146. The number of nitrogens with zero attached hydrogens (tertiary/aromatic N) is 1. The zero-order chi connectivity index (χ0) is 24.2. The van der Waals surface area contributed by atoms with Gasteiger partial charge in [-0.05, 0) is 65.6 Å². The highest BCUT2D eigenvalue weighted by Crippen LogP contribution is 2.30. The highest BCUT2D eigenvalue weighted by Gasteiger charge is 2.31. The summed E-state index contributed by atoms with van der Waals surface area (Å²) in [7, 11) is 1.36. The second-order valence-corrected chi connectivity index (χ2v) is 8.22. The normalized spacial score (nSPS) is 13.4. The molecule has 7 heteroatoms. The fourth-order valence-electron chi connectivity index (χ4n) is 4.04. The van der Waals surface area contributed by atoms with Crippen LogP contribution in [0.5, 0.6) is 0 Å². The van der Waals surface area contributed by atoms with Gasteiger partial charge in [0.25, 0.3) is 11.8 Å². The van der Waals surface area contributed by atoms with Crippen molar-refractivity contribution in [2.75, 3.05) is 19.0 Å². The van der Waals surface area contributed by atoms with Gasteiger partial charge in [0.05, 0.1) is 13.0 Å². The Balaban J connectivity index is 1.46. The average Bonchev–Trinajstić information content (AvgIpc) is 3.17. The van der Waals surface area contributed by atoms with Crippen LogP contribution in [0.2, 0.25) is 0 Å². The Kier molecular flexibility index (Phi) is 6.72. The summed E-state index contributed by atoms with van der Waals surface area (Å²) < 4.78 is 17.9. The van der Waals surface area contributed by atoms with Crippen molar-refractivity contribution >= 4 is 23.5 Å². The van der Waals surface area contributed by atoms with Crippen LogP contribution in [0, 0.1) is 11.7 Å². The van der Waals surface area contributed by atoms with Crippen molar-refractivity contribution in [1.29, 1.82) is 0 Å². The molecule has 1 aliphatic heterocycles. The number of hydrogen-bond acceptors (Lipinski definition) is 4. The topological polar surface area (TPSA) is 75.7 Å². The molecule has 0 saturated carbocycles. The Labute approximate surface area is 197 Å². The predicted octanol–water partition coefficient (Wildman–Crippen LogP) is 4.90. The Morgan fingerprint density at radius 3 is 2.35 bits per heavy atom. The fraction of sp³-hybridized carbons (Fsp3) is 0.222. The smallest absolute Gasteiger partial charge is 0.310 e. The van der Waals surface area contributed by atoms with Crippen LogP contribution in [0.15, 0.2) is 66.7 Å². The minimum Gasteiger partial charge on any atom is -0.469 e. The van der Waals surface area contributed by atoms with Crippen LogP contribution in [0.25, 0.3) is 11.1 Å². The first-order valence-corrected chi connectivity index (χ1v) is 11.1. The van der Waals surface area contributed by atoms with Crippen LogP contribution in [0.4, 0.5) is 10.1 Å². The number of carbonyl (C=O) groups is 3. The Bertz CT molecular complexity index is 1220. The molecule has 1 N–H and O–H groups in total. The Morgan fingerprint density at radius 1 is 1.03 bits per heavy atom. The summed E-state index contributed by atoms with van der Waals surface area (Å²) in [6, 6.07) is 18.4. The van der Waals surface area contributed by atoms with Crippen molar-refractivity contribution in [3.8, 4) is 11.1 Å². The van der Waals surface area contributed by atoms with Crippen LogP contribution in [0.1, 0.15) is 39.6 Å². The molecule has 2 amide bonds. The predicted molar refractivity (Wildman–Crippen MR) is 127 cm³/mol. The molecule has 0 bridgehead atoms. The van der Waals surface area contributed by atoms with E-state index < -0.39 is 5.82 Å². The van der Waals surface area contributed by atoms with Crippen LogP contribution in [0.3, 0.4) is 0 Å². The van der Waals surface area contributed by atoms with E-state index in [-0.39, 0.29) is 23.7 Å². The number of carbonyl (C=O) groups excluding carboxylic acids is 3. The molecule has 1 heterocycles. The molecule has 6 nitrogen and oxygen atoms in total. The van der Waals surface area contributed by atoms with Gasteiger partial charge in [-0.1, -0.05) is 31.2 Å². The molecule has 1 aliphatic rings. The van der Waals surface area contributed by atoms with Gasteiger partial charge >= 0.3 is 5.97 Å². The molecule has 1 atom stereocenters. The molecule has 3 aromatic rings. The zero-order valence-corrected chi connectivity index (χ0v) is 19.0. The summed E-state index contributed by atoms with van der Waals surface area (Å²) in [5.74, 6) is -1.47. The standard InChI is InChI=1S/C27H25FN2O4/c1-3-17(27(33)34-2)15-30-16-21-5-4-20(14-24(21)26(30)32)18-8-12-23(13-9-18)29-25(31)19-6-10-22(28)11-7-19/h4-14,17H,3,15-16H2,1-2H3,(H,29,31)/t17-/m0/s1. The molecule has 0 spiro atoms. The number of esters is 1. The van der Waals surface area contributed by atoms with Gasteiger partial charge in [-0.2, -0.15) is 0 Å². The van der Waals surface area contributed by atoms with Gasteiger partial charge in [0, 0.05) is 29.9 Å². The lowest BCUT2D eigenvalue weighted by Crippen LogP contribution is -2.33. The third-order valence-corrected chi connectivity index (χ3v) is 6.04. The molecule has 3 aromatic carbocycles. The molecule has 4 rings (SSSR count). The number of fused-ring (bicyclic) bond motifs is 1. The highest BCUT2D eigenvalue weighted by atomic mass is 19.1. The van der Waals surface area contributed by atoms with Crippen molar-refractivity contribution in [3.05, 3.63) is 89.2 Å². The second kappa shape index (κ2) is 9.87. The van der Waals surface area contributed by atoms with E-state index in [0.29, 0.717) is 36.3 Å². The first-order valence-electron chi connectivity index (χ1n) is 11.1. The van der Waals surface area contributed by atoms with Gasteiger partial charge in [0.15, 0.2) is 0 Å². The summed E-state index contributed by atoms with van der Waals surface area (Å²) in [6.07, 6.45) is 0.599. The minimum atomic E-state index is -0.398. The largest absolute Gasteiger partial charge is 0.469 e. The highest BCUT2D eigenvalue weighted by molar-refractivity contribution is 6.04. The van der Waals surface area contributed by atoms with Crippen molar-refractivity contribution in [3.63, 3.8) is 0 Å². The van der Waals surface area contributed by atoms with Gasteiger partial charge in [0.1, 0.15) is 5.82 Å². The summed E-state index contributed by atoms with van der Waals surface area (Å²) in [5, 5.41) is 2.79. The van der Waals surface area contributed by atoms with Gasteiger partial charge < -0.3 is 15.0 Å². The number of nitrogens with one attached hydrogen (secondary N) is 1. The van der Waals surface area contributed by atoms with E-state index in [0.717, 1.165) is 16.7 Å². The molecule has 0 unspecified atom stereocenters. The molecule has 34 heavy (non-hydrogen) atoms. The molecule has 0 aromatic heterocycles. The second-order valence-electron chi connectivity index (χ2n) is 8.22. The van der Waals surface area contributed by atoms with Crippen LogP contribution in [-0.4, -0.2) is 36.3 Å². The van der Waals surface area contributed by atoms with Crippen molar-refractivity contribution in [2.45, 2.75) is 19.9 Å². The lowest BCUT2D eigenvalue weighted by Gasteiger charge is -2.20. The van der Waals surface area contributed by atoms with Gasteiger partial charge in [-0.25, -0.2) is 4.39 Å². The third-order valence-electron chi connectivity index (χ3n) is 6.04. The minimum absolute atomic E-state index is 0.0950. The summed E-state index contributed by atoms with van der Waals surface area (Å²) in [4.78, 5) is 38.9. The Morgan fingerprint density at radius 2 is 1.71 bits per heavy atom. The number of rotatable bonds is 7. The molecule has 0 aliphatic carbocycles. The van der Waals surface area contributed by atoms with Gasteiger partial charge in [-0.15, -0.1) is 0 Å². The third kappa shape index (κ3) is 4.83. The van der Waals surface area contributed by atoms with E-state index in [1.807, 2.05) is 37.3 Å². The number of methoxy groups -OCH3 is 1. The fourth-order valence-corrected chi connectivity index (χ4v) is 4.04. The van der Waals surface area contributed by atoms with E-state index >= 15 is 0 Å². The lowest BCUT2D eigenvalue weighted by atomic mass is 10.00. The molecular formula is C27H25FN2O4. The number of ether oxygens (including phenoxy) is 1. The van der Waals surface area contributed by atoms with E-state index in [1.165, 1.54) is 31.4 Å².